The molecule has 2 aromatic rings. The molecule has 0 bridgehead atoms. The first kappa shape index (κ1) is 24.0. The summed E-state index contributed by atoms with van der Waals surface area (Å²) in [4.78, 5) is 24.5. The van der Waals surface area contributed by atoms with Gasteiger partial charge >= 0.3 is 5.97 Å². The monoisotopic (exact) mass is 497 g/mol. The minimum Gasteiger partial charge on any atom is -0.496 e. The molecule has 0 aromatic heterocycles. The van der Waals surface area contributed by atoms with Crippen molar-refractivity contribution in [1.82, 2.24) is 0 Å². The van der Waals surface area contributed by atoms with Crippen LogP contribution in [0.1, 0.15) is 43.6 Å². The highest BCUT2D eigenvalue weighted by atomic mass is 79.9. The van der Waals surface area contributed by atoms with Crippen molar-refractivity contribution in [3.05, 3.63) is 51.0 Å². The zero-order valence-electron chi connectivity index (χ0n) is 17.6. The summed E-state index contributed by atoms with van der Waals surface area (Å²) < 4.78 is 16.9. The minimum atomic E-state index is -0.553. The molecule has 0 saturated carbocycles. The van der Waals surface area contributed by atoms with Gasteiger partial charge in [0.05, 0.1) is 24.4 Å². The molecule has 2 rings (SSSR count). The topological polar surface area (TPSA) is 73.9 Å². The number of amides is 1. The summed E-state index contributed by atoms with van der Waals surface area (Å²) in [5, 5.41) is 2.87. The molecule has 0 aliphatic carbocycles. The number of rotatable bonds is 7. The molecule has 0 heterocycles. The normalized spacial score (nSPS) is 11.0. The van der Waals surface area contributed by atoms with Crippen molar-refractivity contribution in [3.63, 3.8) is 0 Å². The maximum Gasteiger partial charge on any atom is 0.341 e. The van der Waals surface area contributed by atoms with Crippen LogP contribution in [-0.4, -0.2) is 32.2 Å². The molecule has 2 aromatic carbocycles. The highest BCUT2D eigenvalue weighted by Gasteiger charge is 2.21. The third kappa shape index (κ3) is 6.12. The smallest absolute Gasteiger partial charge is 0.341 e. The fourth-order valence-corrected chi connectivity index (χ4v) is 3.30. The largest absolute Gasteiger partial charge is 0.496 e. The third-order valence-corrected chi connectivity index (χ3v) is 4.97. The van der Waals surface area contributed by atoms with Crippen LogP contribution in [0.3, 0.4) is 0 Å². The van der Waals surface area contributed by atoms with Crippen molar-refractivity contribution in [2.24, 2.45) is 0 Å². The quantitative estimate of drug-likeness (QED) is 0.503. The van der Waals surface area contributed by atoms with Gasteiger partial charge in [-0.3, -0.25) is 4.79 Å². The highest BCUT2D eigenvalue weighted by Crippen LogP contribution is 2.34. The van der Waals surface area contributed by atoms with Crippen LogP contribution in [0.5, 0.6) is 11.5 Å². The van der Waals surface area contributed by atoms with E-state index in [9.17, 15) is 9.59 Å². The van der Waals surface area contributed by atoms with Crippen LogP contribution in [0.2, 0.25) is 5.02 Å². The number of anilines is 1. The number of ether oxygens (including phenoxy) is 3. The molecule has 0 saturated heterocycles. The van der Waals surface area contributed by atoms with Crippen molar-refractivity contribution >= 4 is 45.1 Å². The molecule has 0 atom stereocenters. The van der Waals surface area contributed by atoms with Gasteiger partial charge in [0.2, 0.25) is 0 Å². The van der Waals surface area contributed by atoms with E-state index in [1.807, 2.05) is 18.2 Å². The van der Waals surface area contributed by atoms with Gasteiger partial charge in [0.15, 0.2) is 6.61 Å². The number of esters is 1. The van der Waals surface area contributed by atoms with E-state index in [-0.39, 0.29) is 35.0 Å². The highest BCUT2D eigenvalue weighted by molar-refractivity contribution is 9.10. The van der Waals surface area contributed by atoms with Gasteiger partial charge in [0.1, 0.15) is 17.1 Å². The Labute approximate surface area is 190 Å². The number of methoxy groups -OCH3 is 1. The van der Waals surface area contributed by atoms with Crippen LogP contribution in [0.4, 0.5) is 5.69 Å². The lowest BCUT2D eigenvalue weighted by Gasteiger charge is -2.23. The maximum absolute atomic E-state index is 12.5. The second kappa shape index (κ2) is 10.2. The molecule has 1 amide bonds. The predicted molar refractivity (Wildman–Crippen MR) is 121 cm³/mol. The van der Waals surface area contributed by atoms with E-state index < -0.39 is 11.9 Å². The van der Waals surface area contributed by atoms with Crippen molar-refractivity contribution in [3.8, 4) is 11.5 Å². The number of benzene rings is 2. The number of nitrogens with one attached hydrogen (secondary N) is 1. The summed E-state index contributed by atoms with van der Waals surface area (Å²) in [5.41, 5.74) is 1.31. The third-order valence-electron chi connectivity index (χ3n) is 4.17. The standard InChI is InChI=1S/C22H25BrClNO5/c1-6-29-21(27)14-10-16(24)17(11-19(14)28-5)25-20(26)12-30-18-8-7-13(23)9-15(18)22(2,3)4/h7-11H,6,12H2,1-5H3,(H,25,26). The summed E-state index contributed by atoms with van der Waals surface area (Å²) in [7, 11) is 1.42. The van der Waals surface area contributed by atoms with E-state index >= 15 is 0 Å². The van der Waals surface area contributed by atoms with Gasteiger partial charge in [-0.15, -0.1) is 0 Å². The van der Waals surface area contributed by atoms with E-state index in [1.165, 1.54) is 19.2 Å². The molecule has 162 valence electrons. The summed E-state index contributed by atoms with van der Waals surface area (Å²) >= 11 is 9.71. The molecule has 0 spiro atoms. The molecule has 6 nitrogen and oxygen atoms in total. The summed E-state index contributed by atoms with van der Waals surface area (Å²) in [5.74, 6) is -0.0767. The van der Waals surface area contributed by atoms with Gasteiger partial charge in [-0.05, 0) is 36.6 Å². The van der Waals surface area contributed by atoms with Gasteiger partial charge in [-0.1, -0.05) is 48.3 Å². The number of hydrogen-bond acceptors (Lipinski definition) is 5. The SMILES string of the molecule is CCOC(=O)c1cc(Cl)c(NC(=O)COc2ccc(Br)cc2C(C)(C)C)cc1OC. The molecule has 0 unspecified atom stereocenters. The fourth-order valence-electron chi connectivity index (χ4n) is 2.73. The lowest BCUT2D eigenvalue weighted by Crippen LogP contribution is -2.22. The molecule has 0 aliphatic heterocycles. The lowest BCUT2D eigenvalue weighted by molar-refractivity contribution is -0.118. The number of hydrogen-bond donors (Lipinski definition) is 1. The number of carbonyl (C=O) groups is 2. The Morgan fingerprint density at radius 3 is 2.43 bits per heavy atom. The Morgan fingerprint density at radius 2 is 1.83 bits per heavy atom. The van der Waals surface area contributed by atoms with Gasteiger partial charge in [0, 0.05) is 16.1 Å². The number of carbonyl (C=O) groups excluding carboxylic acids is 2. The van der Waals surface area contributed by atoms with Gasteiger partial charge in [-0.2, -0.15) is 0 Å². The van der Waals surface area contributed by atoms with E-state index in [1.54, 1.807) is 6.92 Å². The molecule has 8 heteroatoms. The molecule has 1 N–H and O–H groups in total. The first-order valence-corrected chi connectivity index (χ1v) is 10.5. The molecule has 30 heavy (non-hydrogen) atoms. The number of halogens is 2. The second-order valence-corrected chi connectivity index (χ2v) is 8.80. The predicted octanol–water partition coefficient (Wildman–Crippen LogP) is 5.60. The zero-order chi connectivity index (χ0) is 22.5. The van der Waals surface area contributed by atoms with Crippen molar-refractivity contribution in [2.75, 3.05) is 25.6 Å². The first-order chi connectivity index (χ1) is 14.1. The van der Waals surface area contributed by atoms with E-state index in [0.29, 0.717) is 11.4 Å². The van der Waals surface area contributed by atoms with Crippen LogP contribution < -0.4 is 14.8 Å². The van der Waals surface area contributed by atoms with Gasteiger partial charge in [-0.25, -0.2) is 4.79 Å². The van der Waals surface area contributed by atoms with Crippen LogP contribution in [0.25, 0.3) is 0 Å². The van der Waals surface area contributed by atoms with E-state index in [0.717, 1.165) is 10.0 Å². The summed E-state index contributed by atoms with van der Waals surface area (Å²) in [6.45, 7) is 7.93. The first-order valence-electron chi connectivity index (χ1n) is 9.34. The van der Waals surface area contributed by atoms with Crippen LogP contribution in [0.15, 0.2) is 34.8 Å². The lowest BCUT2D eigenvalue weighted by atomic mass is 9.86. The van der Waals surface area contributed by atoms with Crippen LogP contribution in [0, 0.1) is 0 Å². The van der Waals surface area contributed by atoms with Crippen molar-refractivity contribution in [1.29, 1.82) is 0 Å². The van der Waals surface area contributed by atoms with E-state index in [4.69, 9.17) is 25.8 Å². The molecular weight excluding hydrogens is 474 g/mol. The Kier molecular flexibility index (Phi) is 8.15. The minimum absolute atomic E-state index is 0.158. The summed E-state index contributed by atoms with van der Waals surface area (Å²) in [6.07, 6.45) is 0. The molecule has 0 radical (unpaired) electrons. The van der Waals surface area contributed by atoms with Crippen molar-refractivity contribution in [2.45, 2.75) is 33.1 Å². The Balaban J connectivity index is 2.15. The molecule has 0 aliphatic rings. The Hall–Kier alpha value is -2.25. The Morgan fingerprint density at radius 1 is 1.13 bits per heavy atom. The van der Waals surface area contributed by atoms with E-state index in [2.05, 4.69) is 42.0 Å². The average Bonchev–Trinajstić information content (AvgIpc) is 2.67. The van der Waals surface area contributed by atoms with Gasteiger partial charge < -0.3 is 19.5 Å². The maximum atomic E-state index is 12.5. The van der Waals surface area contributed by atoms with Gasteiger partial charge in [0.25, 0.3) is 5.91 Å². The second-order valence-electron chi connectivity index (χ2n) is 7.48. The van der Waals surface area contributed by atoms with Crippen LogP contribution >= 0.6 is 27.5 Å². The molecular formula is C22H25BrClNO5. The Bertz CT molecular complexity index is 940. The fraction of sp³-hybridized carbons (Fsp3) is 0.364. The molecule has 0 fully saturated rings. The van der Waals surface area contributed by atoms with Crippen LogP contribution in [-0.2, 0) is 14.9 Å². The van der Waals surface area contributed by atoms with Crippen molar-refractivity contribution < 1.29 is 23.8 Å². The summed E-state index contributed by atoms with van der Waals surface area (Å²) in [6, 6.07) is 8.54. The average molecular weight is 499 g/mol. The zero-order valence-corrected chi connectivity index (χ0v) is 19.9.